The highest BCUT2D eigenvalue weighted by Gasteiger charge is 2.06. The van der Waals surface area contributed by atoms with E-state index in [-0.39, 0.29) is 0 Å². The second kappa shape index (κ2) is 8.43. The van der Waals surface area contributed by atoms with Crippen molar-refractivity contribution < 1.29 is 23.7 Å². The molecule has 0 unspecified atom stereocenters. The zero-order valence-electron chi connectivity index (χ0n) is 10.5. The molecule has 0 radical (unpaired) electrons. The second-order valence-electron chi connectivity index (χ2n) is 3.33. The van der Waals surface area contributed by atoms with E-state index < -0.39 is 5.97 Å². The molecule has 6 nitrogen and oxygen atoms in total. The normalized spacial score (nSPS) is 10.1. The zero-order valence-corrected chi connectivity index (χ0v) is 10.5. The van der Waals surface area contributed by atoms with Gasteiger partial charge in [0, 0.05) is 19.4 Å². The molecule has 0 N–H and O–H groups in total. The van der Waals surface area contributed by atoms with Crippen LogP contribution in [0.2, 0.25) is 0 Å². The van der Waals surface area contributed by atoms with E-state index in [1.54, 1.807) is 13.2 Å². The molecule has 6 heteroatoms. The van der Waals surface area contributed by atoms with Crippen LogP contribution >= 0.6 is 0 Å². The van der Waals surface area contributed by atoms with Gasteiger partial charge in [-0.05, 0) is 6.07 Å². The topological polar surface area (TPSA) is 66.9 Å². The Bertz CT molecular complexity index is 369. The van der Waals surface area contributed by atoms with Crippen molar-refractivity contribution >= 4 is 5.97 Å². The van der Waals surface area contributed by atoms with Gasteiger partial charge in [-0.3, -0.25) is 0 Å². The molecule has 0 spiro atoms. The molecule has 0 atom stereocenters. The largest absolute Gasteiger partial charge is 0.475 e. The Kier molecular flexibility index (Phi) is 6.75. The number of rotatable bonds is 8. The predicted molar refractivity (Wildman–Crippen MR) is 63.8 cm³/mol. The van der Waals surface area contributed by atoms with Crippen molar-refractivity contribution in [1.29, 1.82) is 0 Å². The Morgan fingerprint density at radius 3 is 2.72 bits per heavy atom. The number of carbonyl (C=O) groups is 1. The Morgan fingerprint density at radius 2 is 2.00 bits per heavy atom. The fourth-order valence-corrected chi connectivity index (χ4v) is 1.18. The highest BCUT2D eigenvalue weighted by Crippen LogP contribution is 2.10. The van der Waals surface area contributed by atoms with Crippen LogP contribution in [0.15, 0.2) is 18.3 Å². The molecule has 0 aliphatic heterocycles. The minimum Gasteiger partial charge on any atom is -0.475 e. The number of pyridine rings is 1. The maximum atomic E-state index is 11.3. The SMILES string of the molecule is COCCOCCOc1cc(C(=O)OC)ccn1. The Balaban J connectivity index is 2.32. The van der Waals surface area contributed by atoms with Crippen LogP contribution in [-0.2, 0) is 14.2 Å². The van der Waals surface area contributed by atoms with Crippen molar-refractivity contribution in [3.05, 3.63) is 23.9 Å². The van der Waals surface area contributed by atoms with Gasteiger partial charge >= 0.3 is 5.97 Å². The van der Waals surface area contributed by atoms with Crippen molar-refractivity contribution in [2.75, 3.05) is 40.6 Å². The van der Waals surface area contributed by atoms with Gasteiger partial charge in [0.15, 0.2) is 0 Å². The van der Waals surface area contributed by atoms with Crippen LogP contribution < -0.4 is 4.74 Å². The summed E-state index contributed by atoms with van der Waals surface area (Å²) in [6, 6.07) is 3.09. The third-order valence-electron chi connectivity index (χ3n) is 2.07. The molecular formula is C12H17NO5. The van der Waals surface area contributed by atoms with E-state index >= 15 is 0 Å². The van der Waals surface area contributed by atoms with E-state index in [1.165, 1.54) is 19.4 Å². The standard InChI is InChI=1S/C12H17NO5/c1-15-5-6-17-7-8-18-11-9-10(3-4-13-11)12(14)16-2/h3-4,9H,5-8H2,1-2H3. The van der Waals surface area contributed by atoms with Crippen molar-refractivity contribution in [2.45, 2.75) is 0 Å². The second-order valence-corrected chi connectivity index (χ2v) is 3.33. The number of ether oxygens (including phenoxy) is 4. The third kappa shape index (κ3) is 5.11. The number of hydrogen-bond donors (Lipinski definition) is 0. The monoisotopic (exact) mass is 255 g/mol. The van der Waals surface area contributed by atoms with E-state index in [2.05, 4.69) is 9.72 Å². The lowest BCUT2D eigenvalue weighted by Crippen LogP contribution is -2.11. The number of hydrogen-bond acceptors (Lipinski definition) is 6. The number of methoxy groups -OCH3 is 2. The van der Waals surface area contributed by atoms with Gasteiger partial charge in [0.2, 0.25) is 5.88 Å². The van der Waals surface area contributed by atoms with Gasteiger partial charge in [-0.25, -0.2) is 9.78 Å². The summed E-state index contributed by atoms with van der Waals surface area (Å²) in [6.07, 6.45) is 1.49. The first kappa shape index (κ1) is 14.4. The highest BCUT2D eigenvalue weighted by molar-refractivity contribution is 5.89. The molecule has 0 aliphatic carbocycles. The molecule has 0 saturated heterocycles. The number of nitrogens with zero attached hydrogens (tertiary/aromatic N) is 1. The van der Waals surface area contributed by atoms with Gasteiger partial charge in [0.25, 0.3) is 0 Å². The lowest BCUT2D eigenvalue weighted by Gasteiger charge is -2.07. The highest BCUT2D eigenvalue weighted by atomic mass is 16.5. The summed E-state index contributed by atoms with van der Waals surface area (Å²) in [5.41, 5.74) is 0.405. The van der Waals surface area contributed by atoms with E-state index in [9.17, 15) is 4.79 Å². The van der Waals surface area contributed by atoms with Gasteiger partial charge in [-0.15, -0.1) is 0 Å². The fraction of sp³-hybridized carbons (Fsp3) is 0.500. The van der Waals surface area contributed by atoms with Gasteiger partial charge in [-0.2, -0.15) is 0 Å². The molecule has 100 valence electrons. The summed E-state index contributed by atoms with van der Waals surface area (Å²) in [5, 5.41) is 0. The van der Waals surface area contributed by atoms with Crippen LogP contribution in [0, 0.1) is 0 Å². The summed E-state index contributed by atoms with van der Waals surface area (Å²) in [7, 11) is 2.94. The molecular weight excluding hydrogens is 238 g/mol. The van der Waals surface area contributed by atoms with Gasteiger partial charge in [0.05, 0.1) is 32.5 Å². The quantitative estimate of drug-likeness (QED) is 0.508. The Hall–Kier alpha value is -1.66. The Morgan fingerprint density at radius 1 is 1.22 bits per heavy atom. The zero-order chi connectivity index (χ0) is 13.2. The molecule has 0 aromatic carbocycles. The Labute approximate surface area is 106 Å². The van der Waals surface area contributed by atoms with Gasteiger partial charge in [0.1, 0.15) is 6.61 Å². The lowest BCUT2D eigenvalue weighted by atomic mass is 10.3. The summed E-state index contributed by atoms with van der Waals surface area (Å²) in [6.45, 7) is 1.88. The third-order valence-corrected chi connectivity index (χ3v) is 2.07. The average molecular weight is 255 g/mol. The minimum absolute atomic E-state index is 0.362. The fourth-order valence-electron chi connectivity index (χ4n) is 1.18. The molecule has 1 rings (SSSR count). The molecule has 0 bridgehead atoms. The molecule has 1 aromatic rings. The van der Waals surface area contributed by atoms with Crippen molar-refractivity contribution in [1.82, 2.24) is 4.98 Å². The van der Waals surface area contributed by atoms with E-state index in [1.807, 2.05) is 0 Å². The molecule has 0 aliphatic rings. The summed E-state index contributed by atoms with van der Waals surface area (Å²) in [4.78, 5) is 15.2. The number of carbonyl (C=O) groups excluding carboxylic acids is 1. The van der Waals surface area contributed by atoms with Crippen LogP contribution in [0.3, 0.4) is 0 Å². The number of aromatic nitrogens is 1. The van der Waals surface area contributed by atoms with Crippen molar-refractivity contribution in [2.24, 2.45) is 0 Å². The summed E-state index contributed by atoms with van der Waals surface area (Å²) in [5.74, 6) is -0.0492. The van der Waals surface area contributed by atoms with Crippen LogP contribution in [0.25, 0.3) is 0 Å². The molecule has 0 fully saturated rings. The molecule has 18 heavy (non-hydrogen) atoms. The van der Waals surface area contributed by atoms with Gasteiger partial charge in [-0.1, -0.05) is 0 Å². The first-order chi connectivity index (χ1) is 8.77. The maximum Gasteiger partial charge on any atom is 0.338 e. The van der Waals surface area contributed by atoms with E-state index in [4.69, 9.17) is 14.2 Å². The first-order valence-electron chi connectivity index (χ1n) is 5.51. The summed E-state index contributed by atoms with van der Waals surface area (Å²) < 4.78 is 20.0. The van der Waals surface area contributed by atoms with Crippen LogP contribution in [-0.4, -0.2) is 51.6 Å². The van der Waals surface area contributed by atoms with Gasteiger partial charge < -0.3 is 18.9 Å². The van der Waals surface area contributed by atoms with Crippen LogP contribution in [0.5, 0.6) is 5.88 Å². The average Bonchev–Trinajstić information content (AvgIpc) is 2.42. The van der Waals surface area contributed by atoms with Crippen molar-refractivity contribution in [3.63, 3.8) is 0 Å². The maximum absolute atomic E-state index is 11.3. The minimum atomic E-state index is -0.418. The van der Waals surface area contributed by atoms with Crippen LogP contribution in [0.1, 0.15) is 10.4 Å². The van der Waals surface area contributed by atoms with E-state index in [0.29, 0.717) is 37.9 Å². The lowest BCUT2D eigenvalue weighted by molar-refractivity contribution is 0.0534. The van der Waals surface area contributed by atoms with E-state index in [0.717, 1.165) is 0 Å². The van der Waals surface area contributed by atoms with Crippen molar-refractivity contribution in [3.8, 4) is 5.88 Å². The van der Waals surface area contributed by atoms with Crippen LogP contribution in [0.4, 0.5) is 0 Å². The number of esters is 1. The smallest absolute Gasteiger partial charge is 0.338 e. The first-order valence-corrected chi connectivity index (χ1v) is 5.51. The summed E-state index contributed by atoms with van der Waals surface area (Å²) >= 11 is 0. The predicted octanol–water partition coefficient (Wildman–Crippen LogP) is 0.910. The molecule has 1 aromatic heterocycles. The molecule has 0 amide bonds. The molecule has 1 heterocycles. The molecule has 0 saturated carbocycles.